The highest BCUT2D eigenvalue weighted by Crippen LogP contribution is 2.26. The number of nitrogens with one attached hydrogen (secondary N) is 13. The number of guanidine groups is 1. The van der Waals surface area contributed by atoms with Crippen LogP contribution in [0.1, 0.15) is 94.1 Å². The minimum absolute atomic E-state index is 0.00782. The van der Waals surface area contributed by atoms with Crippen LogP contribution in [0.3, 0.4) is 0 Å². The molecule has 0 spiro atoms. The summed E-state index contributed by atoms with van der Waals surface area (Å²) >= 11 is 0. The average molecular weight is 1640 g/mol. The van der Waals surface area contributed by atoms with Crippen LogP contribution in [0.2, 0.25) is 0 Å². The number of carboxylic acid groups (broad SMARTS) is 2. The number of likely N-dealkylation sites (tertiary alicyclic amines) is 1. The Labute approximate surface area is 668 Å². The van der Waals surface area contributed by atoms with Crippen molar-refractivity contribution >= 4 is 121 Å². The molecule has 4 heterocycles. The van der Waals surface area contributed by atoms with Gasteiger partial charge in [0.25, 0.3) is 0 Å². The van der Waals surface area contributed by atoms with Crippen LogP contribution in [0.5, 0.6) is 5.75 Å². The number of phenols is 1. The van der Waals surface area contributed by atoms with Crippen LogP contribution in [0, 0.1) is 5.92 Å². The molecule has 12 amide bonds. The minimum atomic E-state index is -1.98. The van der Waals surface area contributed by atoms with Crippen LogP contribution in [-0.4, -0.2) is 257 Å². The average Bonchev–Trinajstić information content (AvgIpc) is 1.73. The number of aromatic amines is 2. The molecule has 39 nitrogen and oxygen atoms in total. The Morgan fingerprint density at radius 2 is 1.26 bits per heavy atom. The summed E-state index contributed by atoms with van der Waals surface area (Å²) in [7, 11) is 1.52. The predicted molar refractivity (Wildman–Crippen MR) is 421 cm³/mol. The molecular formula is C74H102N20O19S2. The number of H-pyrrole nitrogens is 2. The van der Waals surface area contributed by atoms with Crippen molar-refractivity contribution in [1.29, 1.82) is 0 Å². The minimum Gasteiger partial charge on any atom is -0.508 e. The highest BCUT2D eigenvalue weighted by atomic mass is 33.1. The van der Waals surface area contributed by atoms with Gasteiger partial charge in [-0.3, -0.25) is 67.3 Å². The molecule has 0 saturated carbocycles. The molecule has 2 saturated heterocycles. The van der Waals surface area contributed by atoms with Crippen molar-refractivity contribution in [1.82, 2.24) is 78.3 Å². The van der Waals surface area contributed by atoms with Gasteiger partial charge in [0, 0.05) is 74.1 Å². The SMILES string of the molecule is CC(C)[C@H](NC(=O)[C@H]1CCCN1C(=O)[C@H](CCCCN)NC(=O)[C@@H]1CSSC[C@H](NC(=O)[C@H](CO)NC(=O)[C@H](Cc2ccc(O)cc2)NC(=O)[C@@H](N)CO)C(=O)N[C@@H](CCC(=O)O)C(=O)N[C@H](Cc2c[nH]cn2)C(=O)N[C@@H](Cc2ccccc2)C(=O)N[C@H](CCCN=C(N)N)C(=O)N[C@@H](Cc2cc3ccccc3[nH]2)C(=O)N1)C(=O)O. The lowest BCUT2D eigenvalue weighted by atomic mass is 10.0. The van der Waals surface area contributed by atoms with Crippen molar-refractivity contribution in [2.75, 3.05) is 44.4 Å². The van der Waals surface area contributed by atoms with Gasteiger partial charge in [-0.2, -0.15) is 0 Å². The van der Waals surface area contributed by atoms with E-state index in [1.807, 2.05) is 0 Å². The number of aliphatic imine (C=N–C) groups is 1. The number of phenolic OH excluding ortho intramolecular Hbond substituents is 1. The van der Waals surface area contributed by atoms with E-state index >= 15 is 28.8 Å². The first-order chi connectivity index (χ1) is 54.9. The van der Waals surface area contributed by atoms with Crippen LogP contribution in [-0.2, 0) is 92.8 Å². The number of hydrogen-bond donors (Lipinski definition) is 22. The number of aliphatic carboxylic acids is 2. The molecule has 0 radical (unpaired) electrons. The maximum atomic E-state index is 15.6. The Morgan fingerprint density at radius 1 is 0.643 bits per heavy atom. The molecule has 0 bridgehead atoms. The van der Waals surface area contributed by atoms with Crippen molar-refractivity contribution in [2.24, 2.45) is 33.8 Å². The summed E-state index contributed by atoms with van der Waals surface area (Å²) in [5.74, 6) is -17.3. The van der Waals surface area contributed by atoms with Crippen LogP contribution < -0.4 is 81.4 Å². The van der Waals surface area contributed by atoms with Gasteiger partial charge in [0.15, 0.2) is 5.96 Å². The summed E-state index contributed by atoms with van der Waals surface area (Å²) in [5, 5.41) is 79.6. The molecule has 2 aromatic heterocycles. The van der Waals surface area contributed by atoms with Crippen molar-refractivity contribution in [3.8, 4) is 5.75 Å². The number of carbonyl (C=O) groups excluding carboxylic acids is 12. The number of amides is 12. The number of fused-ring (bicyclic) bond motifs is 1. The van der Waals surface area contributed by atoms with E-state index in [1.165, 1.54) is 41.7 Å². The molecule has 3 aromatic carbocycles. The monoisotopic (exact) mass is 1640 g/mol. The third kappa shape index (κ3) is 28.6. The van der Waals surface area contributed by atoms with Crippen LogP contribution in [0.25, 0.3) is 10.9 Å². The Kier molecular flexibility index (Phi) is 35.9. The van der Waals surface area contributed by atoms with Crippen LogP contribution in [0.15, 0.2) is 102 Å². The molecule has 2 aliphatic rings. The fourth-order valence-corrected chi connectivity index (χ4v) is 14.9. The predicted octanol–water partition coefficient (Wildman–Crippen LogP) is -4.31. The number of aliphatic hydroxyl groups is 2. The second-order valence-corrected chi connectivity index (χ2v) is 30.5. The maximum Gasteiger partial charge on any atom is 0.326 e. The van der Waals surface area contributed by atoms with Crippen molar-refractivity contribution in [3.05, 3.63) is 120 Å². The Morgan fingerprint density at radius 3 is 1.89 bits per heavy atom. The van der Waals surface area contributed by atoms with E-state index in [9.17, 15) is 63.9 Å². The number of aromatic nitrogens is 3. The fraction of sp³-hybridized carbons (Fsp3) is 0.486. The molecule has 0 unspecified atom stereocenters. The molecule has 115 heavy (non-hydrogen) atoms. The molecule has 7 rings (SSSR count). The molecular weight excluding hydrogens is 1540 g/mol. The second-order valence-electron chi connectivity index (χ2n) is 28.0. The summed E-state index contributed by atoms with van der Waals surface area (Å²) in [6.45, 7) is 1.22. The zero-order valence-electron chi connectivity index (χ0n) is 63.4. The standard InChI is InChI=1S/C74H102N20O19S2/c1-39(2)60(73(112)113)93-71(110)58-18-11-27-94(58)72(111)50(16-8-9-25-75)85-70(109)57-37-115-114-36-56(92-68(107)55(35-96)90-65(104)51(86-61(100)46(76)34-95)29-41-19-21-45(97)22-20-41)69(108)84-49(23-24-59(98)99)63(102)89-54(32-44-33-79-38-81-44)66(105)87-52(28-40-12-4-3-5-13-40)64(103)83-48(17-10-26-80-74(77)78)62(101)88-53(67(106)91-57)31-43-30-42-14-6-7-15-47(42)82-43/h3-7,12-15,19-22,30,33,38-39,46,48-58,60,82,95-97H,8-11,16-18,23-29,31-32,34-37,75-76H2,1-2H3,(H,79,81)(H,83,103)(H,84,108)(H,85,109)(H,86,100)(H,87,105)(H,88,101)(H,89,102)(H,90,104)(H,91,106)(H,92,107)(H,93,110)(H,98,99)(H,112,113)(H4,77,78,80)/t46-,48+,49-,50-,51-,52-,53-,54+,55-,56-,57-,58+,60-/m0/s1. The van der Waals surface area contributed by atoms with E-state index in [0.29, 0.717) is 40.6 Å². The second kappa shape index (κ2) is 45.5. The number of rotatable bonds is 34. The molecule has 0 aliphatic carbocycles. The largest absolute Gasteiger partial charge is 0.508 e. The molecule has 5 aromatic rings. The number of aliphatic hydroxyl groups excluding tert-OH is 2. The zero-order valence-corrected chi connectivity index (χ0v) is 65.0. The van der Waals surface area contributed by atoms with Gasteiger partial charge in [0.2, 0.25) is 70.9 Å². The van der Waals surface area contributed by atoms with Gasteiger partial charge in [0.1, 0.15) is 84.3 Å². The molecule has 13 atom stereocenters. The Bertz CT molecular complexity index is 4160. The lowest BCUT2D eigenvalue weighted by Gasteiger charge is -2.31. The van der Waals surface area contributed by atoms with Crippen molar-refractivity contribution in [3.63, 3.8) is 0 Å². The third-order valence-electron chi connectivity index (χ3n) is 18.8. The Hall–Kier alpha value is -11.4. The molecule has 2 fully saturated rings. The fourth-order valence-electron chi connectivity index (χ4n) is 12.6. The Balaban J connectivity index is 1.35. The summed E-state index contributed by atoms with van der Waals surface area (Å²) in [6.07, 6.45) is 0.524. The smallest absolute Gasteiger partial charge is 0.326 e. The van der Waals surface area contributed by atoms with E-state index in [4.69, 9.17) is 22.9 Å². The van der Waals surface area contributed by atoms with Gasteiger partial charge in [-0.05, 0) is 105 Å². The summed E-state index contributed by atoms with van der Waals surface area (Å²) in [6, 6.07) is 1.29. The van der Waals surface area contributed by atoms with Crippen LogP contribution in [0.4, 0.5) is 0 Å². The number of nitrogens with zero attached hydrogens (tertiary/aromatic N) is 3. The first kappa shape index (κ1) is 90.8. The normalized spacial score (nSPS) is 20.9. The zero-order chi connectivity index (χ0) is 83.8. The quantitative estimate of drug-likeness (QED) is 0.00802. The number of carbonyl (C=O) groups is 14. The lowest BCUT2D eigenvalue weighted by Crippen LogP contribution is -2.62. The van der Waals surface area contributed by atoms with Gasteiger partial charge in [-0.25, -0.2) is 9.78 Å². The van der Waals surface area contributed by atoms with Gasteiger partial charge in [-0.1, -0.05) is 96.1 Å². The highest BCUT2D eigenvalue weighted by molar-refractivity contribution is 8.76. The number of para-hydroxylation sites is 1. The molecule has 41 heteroatoms. The summed E-state index contributed by atoms with van der Waals surface area (Å²) in [5.41, 5.74) is 25.1. The van der Waals surface area contributed by atoms with Gasteiger partial charge in [-0.15, -0.1) is 0 Å². The first-order valence-corrected chi connectivity index (χ1v) is 39.9. The van der Waals surface area contributed by atoms with Gasteiger partial charge >= 0.3 is 11.9 Å². The number of hydrogen-bond acceptors (Lipinski definition) is 23. The number of benzene rings is 3. The molecule has 26 N–H and O–H groups in total. The lowest BCUT2D eigenvalue weighted by molar-refractivity contribution is -0.146. The van der Waals surface area contributed by atoms with Crippen molar-refractivity contribution < 1.29 is 92.7 Å². The van der Waals surface area contributed by atoms with E-state index in [2.05, 4.69) is 78.4 Å². The number of unbranched alkanes of at least 4 members (excludes halogenated alkanes) is 1. The van der Waals surface area contributed by atoms with Gasteiger partial charge < -0.3 is 122 Å². The number of nitrogens with two attached hydrogens (primary N) is 4. The van der Waals surface area contributed by atoms with E-state index in [-0.39, 0.29) is 88.4 Å². The summed E-state index contributed by atoms with van der Waals surface area (Å²) in [4.78, 5) is 218. The topological polar surface area (TPSA) is 637 Å². The maximum absolute atomic E-state index is 15.6. The van der Waals surface area contributed by atoms with Crippen molar-refractivity contribution in [2.45, 2.75) is 176 Å². The highest BCUT2D eigenvalue weighted by Gasteiger charge is 2.42. The molecule has 624 valence electrons. The number of imidazole rings is 1. The van der Waals surface area contributed by atoms with Gasteiger partial charge in [0.05, 0.1) is 25.2 Å². The van der Waals surface area contributed by atoms with Crippen LogP contribution >= 0.6 is 21.6 Å². The molecule has 2 aliphatic heterocycles. The number of aromatic hydroxyl groups is 1. The van der Waals surface area contributed by atoms with E-state index in [0.717, 1.165) is 21.6 Å². The van der Waals surface area contributed by atoms with E-state index in [1.54, 1.807) is 74.5 Å². The first-order valence-electron chi connectivity index (χ1n) is 37.4. The van der Waals surface area contributed by atoms with E-state index < -0.39 is 211 Å². The third-order valence-corrected chi connectivity index (χ3v) is 21.2. The summed E-state index contributed by atoms with van der Waals surface area (Å²) < 4.78 is 0. The number of carboxylic acids is 2.